The van der Waals surface area contributed by atoms with Gasteiger partial charge in [0.25, 0.3) is 0 Å². The van der Waals surface area contributed by atoms with Gasteiger partial charge in [-0.1, -0.05) is 72.3 Å². The van der Waals surface area contributed by atoms with Gasteiger partial charge in [0.05, 0.1) is 0 Å². The Balaban J connectivity index is 1.27. The number of benzene rings is 3. The Morgan fingerprint density at radius 3 is 2.25 bits per heavy atom. The number of carbonyl (C=O) groups is 2. The van der Waals surface area contributed by atoms with E-state index in [-0.39, 0.29) is 18.4 Å². The van der Waals surface area contributed by atoms with Crippen LogP contribution < -0.4 is 5.32 Å². The largest absolute Gasteiger partial charge is 0.480 e. The van der Waals surface area contributed by atoms with Crippen molar-refractivity contribution in [2.24, 2.45) is 5.92 Å². The zero-order chi connectivity index (χ0) is 22.2. The SMILES string of the molecule is Cc1ccc2c(c1)CC([C@H](NC(=O)OCC1c3ccccc3-c3ccccc31)C(=O)O)C2. The molecule has 5 heteroatoms. The summed E-state index contributed by atoms with van der Waals surface area (Å²) in [6.07, 6.45) is 0.583. The second-order valence-electron chi connectivity index (χ2n) is 8.73. The maximum Gasteiger partial charge on any atom is 0.407 e. The van der Waals surface area contributed by atoms with Gasteiger partial charge in [-0.2, -0.15) is 0 Å². The number of ether oxygens (including phenoxy) is 1. The number of amides is 1. The zero-order valence-electron chi connectivity index (χ0n) is 17.9. The monoisotopic (exact) mass is 427 g/mol. The minimum Gasteiger partial charge on any atom is -0.480 e. The van der Waals surface area contributed by atoms with Crippen LogP contribution in [0.3, 0.4) is 0 Å². The fourth-order valence-electron chi connectivity index (χ4n) is 5.16. The van der Waals surface area contributed by atoms with Crippen molar-refractivity contribution >= 4 is 12.1 Å². The lowest BCUT2D eigenvalue weighted by Crippen LogP contribution is -2.46. The minimum atomic E-state index is -1.03. The third kappa shape index (κ3) is 3.64. The molecule has 32 heavy (non-hydrogen) atoms. The van der Waals surface area contributed by atoms with Crippen molar-refractivity contribution in [2.75, 3.05) is 6.61 Å². The van der Waals surface area contributed by atoms with E-state index >= 15 is 0 Å². The van der Waals surface area contributed by atoms with Crippen LogP contribution in [-0.2, 0) is 22.4 Å². The summed E-state index contributed by atoms with van der Waals surface area (Å²) in [5.41, 5.74) is 8.02. The highest BCUT2D eigenvalue weighted by Crippen LogP contribution is 2.44. The first kappa shape index (κ1) is 20.3. The van der Waals surface area contributed by atoms with Gasteiger partial charge >= 0.3 is 12.1 Å². The first-order valence-electron chi connectivity index (χ1n) is 10.9. The molecule has 0 saturated carbocycles. The fourth-order valence-corrected chi connectivity index (χ4v) is 5.16. The number of hydrogen-bond acceptors (Lipinski definition) is 3. The number of hydrogen-bond donors (Lipinski definition) is 2. The molecule has 0 aliphatic heterocycles. The molecule has 1 amide bonds. The number of alkyl carbamates (subject to hydrolysis) is 1. The summed E-state index contributed by atoms with van der Waals surface area (Å²) in [6, 6.07) is 21.4. The van der Waals surface area contributed by atoms with E-state index in [0.29, 0.717) is 12.8 Å². The number of rotatable bonds is 5. The van der Waals surface area contributed by atoms with Crippen LogP contribution in [0.4, 0.5) is 4.79 Å². The summed E-state index contributed by atoms with van der Waals surface area (Å²) in [4.78, 5) is 24.6. The van der Waals surface area contributed by atoms with Gasteiger partial charge in [0, 0.05) is 5.92 Å². The quantitative estimate of drug-likeness (QED) is 0.619. The lowest BCUT2D eigenvalue weighted by molar-refractivity contribution is -0.140. The number of aryl methyl sites for hydroxylation is 1. The van der Waals surface area contributed by atoms with Crippen LogP contribution in [0.15, 0.2) is 66.7 Å². The number of nitrogens with one attached hydrogen (secondary N) is 1. The van der Waals surface area contributed by atoms with Crippen LogP contribution in [0, 0.1) is 12.8 Å². The van der Waals surface area contributed by atoms with Crippen LogP contribution in [0.5, 0.6) is 0 Å². The fraction of sp³-hybridized carbons (Fsp3) is 0.259. The Kier molecular flexibility index (Phi) is 5.17. The molecule has 0 bridgehead atoms. The smallest absolute Gasteiger partial charge is 0.407 e. The molecule has 5 rings (SSSR count). The molecule has 0 spiro atoms. The van der Waals surface area contributed by atoms with Gasteiger partial charge in [-0.15, -0.1) is 0 Å². The molecule has 5 nitrogen and oxygen atoms in total. The molecule has 2 aliphatic carbocycles. The van der Waals surface area contributed by atoms with E-state index in [9.17, 15) is 14.7 Å². The molecule has 0 saturated heterocycles. The summed E-state index contributed by atoms with van der Waals surface area (Å²) < 4.78 is 5.56. The molecule has 0 heterocycles. The van der Waals surface area contributed by atoms with Gasteiger partial charge in [-0.05, 0) is 59.1 Å². The van der Waals surface area contributed by atoms with Crippen LogP contribution in [-0.4, -0.2) is 29.8 Å². The van der Waals surface area contributed by atoms with Gasteiger partial charge in [-0.3, -0.25) is 0 Å². The Labute approximate surface area is 187 Å². The van der Waals surface area contributed by atoms with E-state index in [1.165, 1.54) is 0 Å². The maximum absolute atomic E-state index is 12.6. The van der Waals surface area contributed by atoms with Gasteiger partial charge in [-0.25, -0.2) is 9.59 Å². The van der Waals surface area contributed by atoms with Crippen molar-refractivity contribution in [1.82, 2.24) is 5.32 Å². The topological polar surface area (TPSA) is 75.6 Å². The maximum atomic E-state index is 12.6. The van der Waals surface area contributed by atoms with Crippen LogP contribution >= 0.6 is 0 Å². The van der Waals surface area contributed by atoms with Crippen molar-refractivity contribution in [3.63, 3.8) is 0 Å². The number of aliphatic carboxylic acids is 1. The molecule has 0 fully saturated rings. The summed E-state index contributed by atoms with van der Waals surface area (Å²) in [5, 5.41) is 12.4. The highest BCUT2D eigenvalue weighted by molar-refractivity contribution is 5.81. The zero-order valence-corrected chi connectivity index (χ0v) is 17.9. The normalized spacial score (nSPS) is 17.2. The standard InChI is InChI=1S/C27H25NO4/c1-16-10-11-17-13-19(14-18(17)12-16)25(26(29)30)28-27(31)32-15-24-22-8-4-2-6-20(22)21-7-3-5-9-23(21)24/h2-12,19,24-25H,13-15H2,1H3,(H,28,31)(H,29,30)/t19?,25-/m0/s1. The van der Waals surface area contributed by atoms with Crippen molar-refractivity contribution < 1.29 is 19.4 Å². The predicted octanol–water partition coefficient (Wildman–Crippen LogP) is 4.70. The molecule has 3 aromatic rings. The Morgan fingerprint density at radius 1 is 0.969 bits per heavy atom. The lowest BCUT2D eigenvalue weighted by atomic mass is 9.96. The molecular formula is C27H25NO4. The first-order valence-corrected chi connectivity index (χ1v) is 10.9. The van der Waals surface area contributed by atoms with E-state index in [1.807, 2.05) is 37.3 Å². The first-order chi connectivity index (χ1) is 15.5. The van der Waals surface area contributed by atoms with Crippen LogP contribution in [0.2, 0.25) is 0 Å². The van der Waals surface area contributed by atoms with Gasteiger partial charge in [0.1, 0.15) is 12.6 Å². The highest BCUT2D eigenvalue weighted by Gasteiger charge is 2.35. The Morgan fingerprint density at radius 2 is 1.59 bits per heavy atom. The van der Waals surface area contributed by atoms with E-state index in [0.717, 1.165) is 38.9 Å². The van der Waals surface area contributed by atoms with Crippen molar-refractivity contribution in [3.8, 4) is 11.1 Å². The van der Waals surface area contributed by atoms with E-state index < -0.39 is 18.1 Å². The average Bonchev–Trinajstić information content (AvgIpc) is 3.34. The van der Waals surface area contributed by atoms with Gasteiger partial charge in [0.2, 0.25) is 0 Å². The molecule has 162 valence electrons. The molecule has 2 atom stereocenters. The molecule has 3 aromatic carbocycles. The molecule has 1 unspecified atom stereocenters. The highest BCUT2D eigenvalue weighted by atomic mass is 16.5. The third-order valence-corrected chi connectivity index (χ3v) is 6.68. The Bertz CT molecular complexity index is 1160. The molecule has 2 N–H and O–H groups in total. The second-order valence-corrected chi connectivity index (χ2v) is 8.73. The van der Waals surface area contributed by atoms with Crippen molar-refractivity contribution in [2.45, 2.75) is 31.7 Å². The molecule has 2 aliphatic rings. The summed E-state index contributed by atoms with van der Waals surface area (Å²) in [7, 11) is 0. The second kappa shape index (κ2) is 8.15. The van der Waals surface area contributed by atoms with Crippen molar-refractivity contribution in [1.29, 1.82) is 0 Å². The number of carboxylic acids is 1. The van der Waals surface area contributed by atoms with Crippen molar-refractivity contribution in [3.05, 3.63) is 94.5 Å². The summed E-state index contributed by atoms with van der Waals surface area (Å²) in [5.74, 6) is -1.28. The predicted molar refractivity (Wildman–Crippen MR) is 122 cm³/mol. The van der Waals surface area contributed by atoms with Gasteiger partial charge < -0.3 is 15.2 Å². The van der Waals surface area contributed by atoms with E-state index in [1.54, 1.807) is 0 Å². The summed E-state index contributed by atoms with van der Waals surface area (Å²) in [6.45, 7) is 2.19. The average molecular weight is 428 g/mol. The van der Waals surface area contributed by atoms with E-state index in [4.69, 9.17) is 4.74 Å². The number of carbonyl (C=O) groups excluding carboxylic acids is 1. The van der Waals surface area contributed by atoms with Crippen LogP contribution in [0.25, 0.3) is 11.1 Å². The van der Waals surface area contributed by atoms with E-state index in [2.05, 4.69) is 41.7 Å². The van der Waals surface area contributed by atoms with Crippen LogP contribution in [0.1, 0.15) is 33.7 Å². The molecular weight excluding hydrogens is 402 g/mol. The third-order valence-electron chi connectivity index (χ3n) is 6.68. The number of fused-ring (bicyclic) bond motifs is 4. The molecule has 0 aromatic heterocycles. The molecule has 0 radical (unpaired) electrons. The Hall–Kier alpha value is -3.60. The lowest BCUT2D eigenvalue weighted by Gasteiger charge is -2.21. The number of carboxylic acid groups (broad SMARTS) is 1. The minimum absolute atomic E-state index is 0.0601. The summed E-state index contributed by atoms with van der Waals surface area (Å²) >= 11 is 0. The van der Waals surface area contributed by atoms with Gasteiger partial charge in [0.15, 0.2) is 0 Å².